The Labute approximate surface area is 140 Å². The normalized spacial score (nSPS) is 10.3. The minimum Gasteiger partial charge on any atom is -0.493 e. The molecule has 0 aromatic heterocycles. The summed E-state index contributed by atoms with van der Waals surface area (Å²) in [5, 5.41) is 0. The van der Waals surface area contributed by atoms with Crippen LogP contribution in [0.3, 0.4) is 0 Å². The Hall–Kier alpha value is -1.97. The SMILES string of the molecule is C=CCc1c(CC(=O)N(CCC)CCC)ccc(OC)c1OC. The van der Waals surface area contributed by atoms with Crippen molar-refractivity contribution in [3.05, 3.63) is 35.9 Å². The van der Waals surface area contributed by atoms with E-state index in [1.807, 2.05) is 23.1 Å². The highest BCUT2D eigenvalue weighted by Gasteiger charge is 2.18. The maximum Gasteiger partial charge on any atom is 0.227 e. The molecule has 0 saturated heterocycles. The van der Waals surface area contributed by atoms with E-state index in [-0.39, 0.29) is 5.91 Å². The van der Waals surface area contributed by atoms with Gasteiger partial charge in [0, 0.05) is 18.7 Å². The van der Waals surface area contributed by atoms with Gasteiger partial charge in [-0.3, -0.25) is 4.79 Å². The predicted octanol–water partition coefficient (Wildman–Crippen LogP) is 3.62. The quantitative estimate of drug-likeness (QED) is 0.618. The summed E-state index contributed by atoms with van der Waals surface area (Å²) in [5.74, 6) is 1.53. The number of hydrogen-bond donors (Lipinski definition) is 0. The average Bonchev–Trinajstić information content (AvgIpc) is 2.55. The Balaban J connectivity index is 3.11. The zero-order valence-corrected chi connectivity index (χ0v) is 14.9. The van der Waals surface area contributed by atoms with Gasteiger partial charge in [-0.05, 0) is 30.9 Å². The summed E-state index contributed by atoms with van der Waals surface area (Å²) in [4.78, 5) is 14.6. The molecule has 0 N–H and O–H groups in total. The second kappa shape index (κ2) is 9.93. The summed E-state index contributed by atoms with van der Waals surface area (Å²) >= 11 is 0. The lowest BCUT2D eigenvalue weighted by atomic mass is 9.99. The van der Waals surface area contributed by atoms with Crippen LogP contribution >= 0.6 is 0 Å². The van der Waals surface area contributed by atoms with Crippen LogP contribution in [0.1, 0.15) is 37.8 Å². The lowest BCUT2D eigenvalue weighted by Crippen LogP contribution is -2.33. The van der Waals surface area contributed by atoms with E-state index in [2.05, 4.69) is 20.4 Å². The molecule has 0 aliphatic heterocycles. The van der Waals surface area contributed by atoms with Gasteiger partial charge in [-0.15, -0.1) is 6.58 Å². The Morgan fingerprint density at radius 1 is 1.17 bits per heavy atom. The molecule has 1 aromatic carbocycles. The van der Waals surface area contributed by atoms with E-state index < -0.39 is 0 Å². The van der Waals surface area contributed by atoms with E-state index in [1.54, 1.807) is 14.2 Å². The summed E-state index contributed by atoms with van der Waals surface area (Å²) in [6.45, 7) is 9.60. The number of benzene rings is 1. The minimum absolute atomic E-state index is 0.159. The molecule has 0 fully saturated rings. The zero-order chi connectivity index (χ0) is 17.2. The van der Waals surface area contributed by atoms with Crippen molar-refractivity contribution in [1.82, 2.24) is 4.90 Å². The molecular formula is C19H29NO3. The van der Waals surface area contributed by atoms with Crippen LogP contribution in [-0.4, -0.2) is 38.1 Å². The molecule has 0 bridgehead atoms. The molecule has 0 spiro atoms. The molecule has 0 unspecified atom stereocenters. The van der Waals surface area contributed by atoms with E-state index >= 15 is 0 Å². The fourth-order valence-electron chi connectivity index (χ4n) is 2.74. The van der Waals surface area contributed by atoms with E-state index in [4.69, 9.17) is 9.47 Å². The molecular weight excluding hydrogens is 290 g/mol. The van der Waals surface area contributed by atoms with Crippen LogP contribution in [0.25, 0.3) is 0 Å². The van der Waals surface area contributed by atoms with Gasteiger partial charge in [0.1, 0.15) is 0 Å². The van der Waals surface area contributed by atoms with Crippen LogP contribution in [0.5, 0.6) is 11.5 Å². The molecule has 0 aliphatic carbocycles. The number of methoxy groups -OCH3 is 2. The van der Waals surface area contributed by atoms with Crippen molar-refractivity contribution in [3.63, 3.8) is 0 Å². The molecule has 4 nitrogen and oxygen atoms in total. The summed E-state index contributed by atoms with van der Waals surface area (Å²) in [6, 6.07) is 3.81. The molecule has 1 amide bonds. The Bertz CT molecular complexity index is 520. The summed E-state index contributed by atoms with van der Waals surface area (Å²) in [7, 11) is 3.24. The van der Waals surface area contributed by atoms with Gasteiger partial charge in [-0.2, -0.15) is 0 Å². The van der Waals surface area contributed by atoms with Crippen LogP contribution in [-0.2, 0) is 17.6 Å². The molecule has 0 heterocycles. The van der Waals surface area contributed by atoms with Gasteiger partial charge in [0.2, 0.25) is 5.91 Å². The highest BCUT2D eigenvalue weighted by atomic mass is 16.5. The van der Waals surface area contributed by atoms with E-state index in [0.29, 0.717) is 24.3 Å². The first-order chi connectivity index (χ1) is 11.1. The van der Waals surface area contributed by atoms with Crippen LogP contribution in [0.15, 0.2) is 24.8 Å². The molecule has 0 saturated carbocycles. The highest BCUT2D eigenvalue weighted by Crippen LogP contribution is 2.34. The van der Waals surface area contributed by atoms with E-state index in [1.165, 1.54) is 0 Å². The van der Waals surface area contributed by atoms with Gasteiger partial charge in [0.15, 0.2) is 11.5 Å². The fourth-order valence-corrected chi connectivity index (χ4v) is 2.74. The van der Waals surface area contributed by atoms with Crippen molar-refractivity contribution in [2.24, 2.45) is 0 Å². The summed E-state index contributed by atoms with van der Waals surface area (Å²) in [6.07, 6.45) is 4.78. The molecule has 1 rings (SSSR count). The third kappa shape index (κ3) is 5.02. The molecule has 0 aliphatic rings. The maximum atomic E-state index is 12.6. The van der Waals surface area contributed by atoms with E-state index in [9.17, 15) is 4.79 Å². The molecule has 23 heavy (non-hydrogen) atoms. The van der Waals surface area contributed by atoms with Crippen molar-refractivity contribution >= 4 is 5.91 Å². The van der Waals surface area contributed by atoms with E-state index in [0.717, 1.165) is 37.1 Å². The first kappa shape index (κ1) is 19.1. The topological polar surface area (TPSA) is 38.8 Å². The third-order valence-electron chi connectivity index (χ3n) is 3.78. The second-order valence-corrected chi connectivity index (χ2v) is 5.49. The van der Waals surface area contributed by atoms with Crippen LogP contribution in [0, 0.1) is 0 Å². The number of rotatable bonds is 10. The monoisotopic (exact) mass is 319 g/mol. The second-order valence-electron chi connectivity index (χ2n) is 5.49. The highest BCUT2D eigenvalue weighted by molar-refractivity contribution is 5.79. The Kier molecular flexibility index (Phi) is 8.23. The molecule has 1 aromatic rings. The van der Waals surface area contributed by atoms with Gasteiger partial charge in [-0.25, -0.2) is 0 Å². The van der Waals surface area contributed by atoms with Crippen molar-refractivity contribution in [3.8, 4) is 11.5 Å². The minimum atomic E-state index is 0.159. The number of hydrogen-bond acceptors (Lipinski definition) is 3. The van der Waals surface area contributed by atoms with Crippen molar-refractivity contribution < 1.29 is 14.3 Å². The summed E-state index contributed by atoms with van der Waals surface area (Å²) < 4.78 is 10.9. The Morgan fingerprint density at radius 3 is 2.30 bits per heavy atom. The number of carbonyl (C=O) groups is 1. The number of allylic oxidation sites excluding steroid dienone is 1. The predicted molar refractivity (Wildman–Crippen MR) is 94.3 cm³/mol. The average molecular weight is 319 g/mol. The van der Waals surface area contributed by atoms with Crippen LogP contribution < -0.4 is 9.47 Å². The first-order valence-corrected chi connectivity index (χ1v) is 8.24. The lowest BCUT2D eigenvalue weighted by molar-refractivity contribution is -0.130. The first-order valence-electron chi connectivity index (χ1n) is 8.24. The smallest absolute Gasteiger partial charge is 0.227 e. The maximum absolute atomic E-state index is 12.6. The van der Waals surface area contributed by atoms with Crippen LogP contribution in [0.4, 0.5) is 0 Å². The van der Waals surface area contributed by atoms with Crippen molar-refractivity contribution in [2.45, 2.75) is 39.5 Å². The van der Waals surface area contributed by atoms with Crippen LogP contribution in [0.2, 0.25) is 0 Å². The lowest BCUT2D eigenvalue weighted by Gasteiger charge is -2.23. The number of amides is 1. The molecule has 4 heteroatoms. The van der Waals surface area contributed by atoms with Crippen molar-refractivity contribution in [2.75, 3.05) is 27.3 Å². The molecule has 128 valence electrons. The Morgan fingerprint density at radius 2 is 1.83 bits per heavy atom. The van der Waals surface area contributed by atoms with Gasteiger partial charge < -0.3 is 14.4 Å². The molecule has 0 atom stereocenters. The standard InChI is InChI=1S/C19H29NO3/c1-6-9-16-15(10-11-17(22-4)19(16)23-5)14-18(21)20(12-7-2)13-8-3/h6,10-11H,1,7-9,12-14H2,2-5H3. The third-order valence-corrected chi connectivity index (χ3v) is 3.78. The fraction of sp³-hybridized carbons (Fsp3) is 0.526. The van der Waals surface area contributed by atoms with Gasteiger partial charge >= 0.3 is 0 Å². The number of nitrogens with zero attached hydrogens (tertiary/aromatic N) is 1. The van der Waals surface area contributed by atoms with Gasteiger partial charge in [0.25, 0.3) is 0 Å². The molecule has 0 radical (unpaired) electrons. The zero-order valence-electron chi connectivity index (χ0n) is 14.9. The largest absolute Gasteiger partial charge is 0.493 e. The summed E-state index contributed by atoms with van der Waals surface area (Å²) in [5.41, 5.74) is 1.95. The van der Waals surface area contributed by atoms with Gasteiger partial charge in [0.05, 0.1) is 20.6 Å². The van der Waals surface area contributed by atoms with Crippen molar-refractivity contribution in [1.29, 1.82) is 0 Å². The number of ether oxygens (including phenoxy) is 2. The number of carbonyl (C=O) groups excluding carboxylic acids is 1. The van der Waals surface area contributed by atoms with Gasteiger partial charge in [-0.1, -0.05) is 26.0 Å².